The first-order valence-corrected chi connectivity index (χ1v) is 16.7. The van der Waals surface area contributed by atoms with E-state index in [0.29, 0.717) is 31.4 Å². The quantitative estimate of drug-likeness (QED) is 0.293. The summed E-state index contributed by atoms with van der Waals surface area (Å²) in [6, 6.07) is 18.7. The lowest BCUT2D eigenvalue weighted by Gasteiger charge is -2.35. The Morgan fingerprint density at radius 2 is 1.81 bits per heavy atom. The molecule has 0 aromatic heterocycles. The molecule has 3 aliphatic rings. The molecular weight excluding hydrogens is 568 g/mol. The van der Waals surface area contributed by atoms with Crippen LogP contribution >= 0.6 is 11.8 Å². The van der Waals surface area contributed by atoms with Gasteiger partial charge < -0.3 is 19.3 Å². The molecule has 6 unspecified atom stereocenters. The van der Waals surface area contributed by atoms with Gasteiger partial charge in [-0.1, -0.05) is 30.3 Å². The molecule has 3 aromatic carbocycles. The molecule has 3 saturated heterocycles. The van der Waals surface area contributed by atoms with Crippen LogP contribution < -0.4 is 4.74 Å². The van der Waals surface area contributed by atoms with Crippen molar-refractivity contribution < 1.29 is 28.1 Å². The minimum absolute atomic E-state index is 0.0269. The highest BCUT2D eigenvalue weighted by atomic mass is 32.2. The number of thioether (sulfide) groups is 1. The van der Waals surface area contributed by atoms with E-state index in [-0.39, 0.29) is 29.8 Å². The van der Waals surface area contributed by atoms with Gasteiger partial charge in [0.15, 0.2) is 0 Å². The maximum atomic E-state index is 14.2. The second-order valence-corrected chi connectivity index (χ2v) is 13.2. The second kappa shape index (κ2) is 13.7. The summed E-state index contributed by atoms with van der Waals surface area (Å²) >= 11 is 1.65. The van der Waals surface area contributed by atoms with Crippen LogP contribution in [0.5, 0.6) is 5.75 Å². The summed E-state index contributed by atoms with van der Waals surface area (Å²) < 4.78 is 46.4. The highest BCUT2D eigenvalue weighted by Gasteiger charge is 2.34. The van der Waals surface area contributed by atoms with E-state index in [0.717, 1.165) is 49.7 Å². The Morgan fingerprint density at radius 1 is 0.977 bits per heavy atom. The molecule has 0 bridgehead atoms. The van der Waals surface area contributed by atoms with Gasteiger partial charge in [0.25, 0.3) is 0 Å². The number of nitrogens with zero attached hydrogens (tertiary/aromatic N) is 1. The Balaban J connectivity index is 1.00. The number of aliphatic hydroxyl groups is 1. The Bertz CT molecular complexity index is 1380. The van der Waals surface area contributed by atoms with E-state index < -0.39 is 17.7 Å². The summed E-state index contributed by atoms with van der Waals surface area (Å²) in [6.45, 7) is 4.41. The van der Waals surface area contributed by atoms with Crippen molar-refractivity contribution in [2.75, 3.05) is 26.0 Å². The number of rotatable bonds is 8. The highest BCUT2D eigenvalue weighted by molar-refractivity contribution is 7.99. The predicted octanol–water partition coefficient (Wildman–Crippen LogP) is 7.14. The van der Waals surface area contributed by atoms with Gasteiger partial charge >= 0.3 is 0 Å². The van der Waals surface area contributed by atoms with E-state index in [9.17, 15) is 13.9 Å². The molecule has 6 rings (SSSR count). The molecule has 6 atom stereocenters. The van der Waals surface area contributed by atoms with Gasteiger partial charge in [-0.3, -0.25) is 4.90 Å². The van der Waals surface area contributed by atoms with Crippen LogP contribution in [0.3, 0.4) is 0 Å². The van der Waals surface area contributed by atoms with E-state index in [4.69, 9.17) is 14.2 Å². The van der Waals surface area contributed by atoms with Crippen molar-refractivity contribution in [1.82, 2.24) is 4.90 Å². The number of aliphatic hydroxyl groups excluding tert-OH is 1. The average Bonchev–Trinajstić information content (AvgIpc) is 3.48. The molecule has 0 saturated carbocycles. The van der Waals surface area contributed by atoms with Crippen molar-refractivity contribution in [2.45, 2.75) is 81.3 Å². The summed E-state index contributed by atoms with van der Waals surface area (Å²) in [4.78, 5) is 2.41. The molecule has 5 nitrogen and oxygen atoms in total. The number of benzene rings is 3. The minimum Gasteiger partial charge on any atom is -0.489 e. The number of ether oxygens (including phenoxy) is 3. The number of hydrogen-bond donors (Lipinski definition) is 1. The third-order valence-corrected chi connectivity index (χ3v) is 9.97. The Labute approximate surface area is 257 Å². The fourth-order valence-electron chi connectivity index (χ4n) is 6.62. The van der Waals surface area contributed by atoms with Crippen molar-refractivity contribution in [3.63, 3.8) is 0 Å². The number of likely N-dealkylation sites (tertiary alicyclic amines) is 1. The van der Waals surface area contributed by atoms with Gasteiger partial charge in [0.1, 0.15) is 28.9 Å². The fraction of sp³-hybridized carbons (Fsp3) is 0.486. The van der Waals surface area contributed by atoms with Gasteiger partial charge in [-0.25, -0.2) is 8.78 Å². The first-order valence-electron chi connectivity index (χ1n) is 15.4. The summed E-state index contributed by atoms with van der Waals surface area (Å²) in [6.07, 6.45) is 5.96. The standard InChI is InChI=1S/C35H41F2NO4S/c1-22-3-6-24(34-18-28(39)19-35(42-34)43-2)16-25(22)15-23-4-9-29(10-5-23)41-30-13-14-38(20-30)27-8-12-33(40-21-27)31-17-26(36)7-11-32(31)37/h3-7,9-11,16-17,27-28,30,33-35,39H,8,12-15,18-21H2,1-2H3. The lowest BCUT2D eigenvalue weighted by Crippen LogP contribution is -2.41. The monoisotopic (exact) mass is 609 g/mol. The first kappa shape index (κ1) is 30.5. The SMILES string of the molecule is CSC1CC(O)CC(c2ccc(C)c(Cc3ccc(OC4CCN(C5CCC(c6cc(F)ccc6F)OC5)C4)cc3)c2)O1. The van der Waals surface area contributed by atoms with Crippen LogP contribution in [-0.2, 0) is 15.9 Å². The zero-order chi connectivity index (χ0) is 29.9. The molecule has 0 spiro atoms. The van der Waals surface area contributed by atoms with Crippen LogP contribution in [0.2, 0.25) is 0 Å². The van der Waals surface area contributed by atoms with Crippen molar-refractivity contribution >= 4 is 11.8 Å². The summed E-state index contributed by atoms with van der Waals surface area (Å²) in [5.74, 6) is 0.0262. The molecule has 43 heavy (non-hydrogen) atoms. The topological polar surface area (TPSA) is 51.2 Å². The van der Waals surface area contributed by atoms with Crippen molar-refractivity contribution in [3.05, 3.63) is 100 Å². The lowest BCUT2D eigenvalue weighted by atomic mass is 9.93. The molecule has 3 aliphatic heterocycles. The van der Waals surface area contributed by atoms with Crippen LogP contribution in [0.4, 0.5) is 8.78 Å². The second-order valence-electron chi connectivity index (χ2n) is 12.2. The smallest absolute Gasteiger partial charge is 0.129 e. The van der Waals surface area contributed by atoms with Crippen LogP contribution in [0, 0.1) is 18.6 Å². The van der Waals surface area contributed by atoms with Crippen molar-refractivity contribution in [2.24, 2.45) is 0 Å². The Morgan fingerprint density at radius 3 is 2.58 bits per heavy atom. The molecule has 3 fully saturated rings. The van der Waals surface area contributed by atoms with Crippen LogP contribution in [0.25, 0.3) is 0 Å². The van der Waals surface area contributed by atoms with Crippen LogP contribution in [-0.4, -0.2) is 59.6 Å². The molecular formula is C35H41F2NO4S. The number of hydrogen-bond acceptors (Lipinski definition) is 6. The molecule has 8 heteroatoms. The lowest BCUT2D eigenvalue weighted by molar-refractivity contribution is -0.0605. The Hall–Kier alpha value is -2.49. The maximum Gasteiger partial charge on any atom is 0.129 e. The van der Waals surface area contributed by atoms with E-state index >= 15 is 0 Å². The minimum atomic E-state index is -0.435. The van der Waals surface area contributed by atoms with Gasteiger partial charge in [-0.05, 0) is 91.4 Å². The van der Waals surface area contributed by atoms with Gasteiger partial charge in [0.05, 0.1) is 24.9 Å². The number of aryl methyl sites for hydroxylation is 1. The molecule has 0 aliphatic carbocycles. The zero-order valence-electron chi connectivity index (χ0n) is 24.9. The van der Waals surface area contributed by atoms with E-state index in [1.165, 1.54) is 28.8 Å². The van der Waals surface area contributed by atoms with Crippen molar-refractivity contribution in [1.29, 1.82) is 0 Å². The van der Waals surface area contributed by atoms with Crippen LogP contribution in [0.15, 0.2) is 60.7 Å². The number of halogens is 2. The van der Waals surface area contributed by atoms with Crippen molar-refractivity contribution in [3.8, 4) is 5.75 Å². The van der Waals surface area contributed by atoms with Gasteiger partial charge in [-0.15, -0.1) is 11.8 Å². The fourth-order valence-corrected chi connectivity index (χ4v) is 7.28. The zero-order valence-corrected chi connectivity index (χ0v) is 25.7. The maximum absolute atomic E-state index is 14.2. The molecule has 0 radical (unpaired) electrons. The van der Waals surface area contributed by atoms with E-state index in [2.05, 4.69) is 54.3 Å². The van der Waals surface area contributed by atoms with Crippen LogP contribution in [0.1, 0.15) is 72.1 Å². The molecule has 1 N–H and O–H groups in total. The molecule has 3 aromatic rings. The van der Waals surface area contributed by atoms with Gasteiger partial charge in [0.2, 0.25) is 0 Å². The Kier molecular flexibility index (Phi) is 9.69. The molecule has 230 valence electrons. The average molecular weight is 610 g/mol. The summed E-state index contributed by atoms with van der Waals surface area (Å²) in [7, 11) is 0. The highest BCUT2D eigenvalue weighted by Crippen LogP contribution is 2.36. The predicted molar refractivity (Wildman–Crippen MR) is 165 cm³/mol. The summed E-state index contributed by atoms with van der Waals surface area (Å²) in [5, 5.41) is 10.3. The van der Waals surface area contributed by atoms with E-state index in [1.807, 2.05) is 6.26 Å². The van der Waals surface area contributed by atoms with E-state index in [1.54, 1.807) is 11.8 Å². The molecule has 0 amide bonds. The largest absolute Gasteiger partial charge is 0.489 e. The van der Waals surface area contributed by atoms with Gasteiger partial charge in [-0.2, -0.15) is 0 Å². The third kappa shape index (κ3) is 7.43. The summed E-state index contributed by atoms with van der Waals surface area (Å²) in [5.41, 5.74) is 5.19. The molecule has 3 heterocycles. The first-order chi connectivity index (χ1) is 20.8. The van der Waals surface area contributed by atoms with Gasteiger partial charge in [0, 0.05) is 37.5 Å². The third-order valence-electron chi connectivity index (χ3n) is 9.14. The normalized spacial score (nSPS) is 28.2.